The van der Waals surface area contributed by atoms with Crippen LogP contribution in [0.15, 0.2) is 126 Å². The van der Waals surface area contributed by atoms with Crippen molar-refractivity contribution in [3.05, 3.63) is 132 Å². The van der Waals surface area contributed by atoms with E-state index in [2.05, 4.69) is 85.4 Å². The molecule has 3 N–H and O–H groups in total. The van der Waals surface area contributed by atoms with E-state index in [1.54, 1.807) is 35.1 Å². The van der Waals surface area contributed by atoms with Crippen LogP contribution in [0.3, 0.4) is 0 Å². The van der Waals surface area contributed by atoms with Crippen molar-refractivity contribution >= 4 is 17.6 Å². The highest BCUT2D eigenvalue weighted by molar-refractivity contribution is 5.94. The number of hydrogen-bond acceptors (Lipinski definition) is 12. The molecule has 6 aromatic rings. The van der Waals surface area contributed by atoms with Gasteiger partial charge in [0.1, 0.15) is 5.75 Å². The molecule has 0 radical (unpaired) electrons. The molecule has 6 rings (SSSR count). The molecule has 0 aliphatic heterocycles. The first-order valence-electron chi connectivity index (χ1n) is 21.0. The predicted octanol–water partition coefficient (Wildman–Crippen LogP) is 8.05. The van der Waals surface area contributed by atoms with Crippen LogP contribution in [0, 0.1) is 0 Å². The average molecular weight is 839 g/mol. The van der Waals surface area contributed by atoms with Crippen molar-refractivity contribution in [3.63, 3.8) is 0 Å². The normalized spacial score (nSPS) is 11.5. The Morgan fingerprint density at radius 1 is 0.790 bits per heavy atom. The number of phenols is 1. The Bertz CT molecular complexity index is 2280. The molecule has 3 aromatic carbocycles. The first-order valence-corrected chi connectivity index (χ1v) is 21.0. The fourth-order valence-corrected chi connectivity index (χ4v) is 6.44. The van der Waals surface area contributed by atoms with Crippen molar-refractivity contribution in [1.82, 2.24) is 40.8 Å². The van der Waals surface area contributed by atoms with Crippen LogP contribution in [0.1, 0.15) is 74.1 Å². The SMILES string of the molecule is CC(C)(CCCCOc1cc(-c2ccccc2)cc(-c2ccccc2)n1)c1nnn(CCCCC(=O)NCCOCCNC(=O)c2ccc(N=NCc3ccccc3O)nc2)n1. The molecule has 62 heavy (non-hydrogen) atoms. The molecule has 2 amide bonds. The van der Waals surface area contributed by atoms with E-state index in [4.69, 9.17) is 14.5 Å². The number of hydrogen-bond donors (Lipinski definition) is 3. The number of aryl methyl sites for hydroxylation is 1. The maximum absolute atomic E-state index is 12.4. The molecule has 0 aliphatic carbocycles. The third-order valence-corrected chi connectivity index (χ3v) is 10.0. The standard InChI is InChI=1S/C47H54N10O5/c1-47(2,24-12-14-28-62-44-32-39(35-15-5-3-6-16-35)31-40(52-44)36-17-7-4-8-18-36)46-54-56-57(55-46)27-13-11-21-43(59)48-25-29-61-30-26-49-45(60)38-22-23-42(50-33-38)53-51-34-37-19-9-10-20-41(37)58/h3-10,15-20,22-23,31-33,58H,11-14,21,24-30,34H2,1-2H3,(H,48,59)(H,49,60). The number of rotatable bonds is 24. The lowest BCUT2D eigenvalue weighted by Gasteiger charge is -2.20. The first kappa shape index (κ1) is 44.7. The van der Waals surface area contributed by atoms with Crippen molar-refractivity contribution in [3.8, 4) is 34.0 Å². The Labute approximate surface area is 362 Å². The number of benzene rings is 3. The van der Waals surface area contributed by atoms with Gasteiger partial charge in [-0.2, -0.15) is 9.91 Å². The van der Waals surface area contributed by atoms with Crippen molar-refractivity contribution in [2.75, 3.05) is 32.9 Å². The molecule has 15 heteroatoms. The zero-order chi connectivity index (χ0) is 43.4. The number of aromatic nitrogens is 6. The van der Waals surface area contributed by atoms with Gasteiger partial charge >= 0.3 is 0 Å². The highest BCUT2D eigenvalue weighted by Gasteiger charge is 2.26. The average Bonchev–Trinajstić information content (AvgIpc) is 3.79. The van der Waals surface area contributed by atoms with Crippen molar-refractivity contribution in [2.45, 2.75) is 70.9 Å². The number of carbonyl (C=O) groups excluding carboxylic acids is 2. The van der Waals surface area contributed by atoms with Gasteiger partial charge in [-0.05, 0) is 72.7 Å². The summed E-state index contributed by atoms with van der Waals surface area (Å²) in [5.74, 6) is 1.48. The monoisotopic (exact) mass is 838 g/mol. The van der Waals surface area contributed by atoms with E-state index in [9.17, 15) is 14.7 Å². The first-order chi connectivity index (χ1) is 30.2. The quantitative estimate of drug-likeness (QED) is 0.0397. The molecule has 0 unspecified atom stereocenters. The summed E-state index contributed by atoms with van der Waals surface area (Å²) < 4.78 is 11.7. The summed E-state index contributed by atoms with van der Waals surface area (Å²) in [5.41, 5.74) is 4.88. The number of para-hydroxylation sites is 1. The molecule has 0 spiro atoms. The molecule has 3 heterocycles. The third kappa shape index (κ3) is 14.1. The minimum Gasteiger partial charge on any atom is -0.508 e. The molecular weight excluding hydrogens is 785 g/mol. The molecule has 3 aromatic heterocycles. The summed E-state index contributed by atoms with van der Waals surface area (Å²) in [6, 6.07) is 34.6. The molecule has 0 bridgehead atoms. The number of carbonyl (C=O) groups is 2. The van der Waals surface area contributed by atoms with Gasteiger partial charge in [0.25, 0.3) is 5.91 Å². The molecule has 0 saturated carbocycles. The molecule has 322 valence electrons. The fraction of sp³-hybridized carbons (Fsp3) is 0.340. The second kappa shape index (κ2) is 23.2. The summed E-state index contributed by atoms with van der Waals surface area (Å²) in [5, 5.41) is 36.8. The van der Waals surface area contributed by atoms with Crippen molar-refractivity contribution < 1.29 is 24.2 Å². The number of nitrogens with zero attached hydrogens (tertiary/aromatic N) is 8. The Morgan fingerprint density at radius 3 is 2.29 bits per heavy atom. The van der Waals surface area contributed by atoms with Gasteiger partial charge < -0.3 is 25.2 Å². The summed E-state index contributed by atoms with van der Waals surface area (Å²) >= 11 is 0. The van der Waals surface area contributed by atoms with E-state index in [1.165, 1.54) is 6.20 Å². The number of phenolic OH excluding ortho intramolecular Hbond substituents is 1. The van der Waals surface area contributed by atoms with Crippen LogP contribution in [0.25, 0.3) is 22.4 Å². The lowest BCUT2D eigenvalue weighted by Crippen LogP contribution is -2.30. The Hall–Kier alpha value is -6.87. The molecular formula is C47H54N10O5. The summed E-state index contributed by atoms with van der Waals surface area (Å²) in [6.45, 7) is 6.90. The summed E-state index contributed by atoms with van der Waals surface area (Å²) in [7, 11) is 0. The zero-order valence-electron chi connectivity index (χ0n) is 35.3. The summed E-state index contributed by atoms with van der Waals surface area (Å²) in [6.07, 6.45) is 5.90. The molecule has 0 saturated heterocycles. The van der Waals surface area contributed by atoms with Gasteiger partial charge in [-0.3, -0.25) is 9.59 Å². The van der Waals surface area contributed by atoms with E-state index in [0.29, 0.717) is 80.9 Å². The topological polar surface area (TPSA) is 191 Å². The van der Waals surface area contributed by atoms with Crippen LogP contribution < -0.4 is 15.4 Å². The van der Waals surface area contributed by atoms with Crippen LogP contribution in [-0.4, -0.2) is 80.0 Å². The third-order valence-electron chi connectivity index (χ3n) is 10.0. The largest absolute Gasteiger partial charge is 0.508 e. The van der Waals surface area contributed by atoms with Gasteiger partial charge in [-0.25, -0.2) is 9.97 Å². The van der Waals surface area contributed by atoms with Gasteiger partial charge in [0.2, 0.25) is 11.8 Å². The number of tetrazole rings is 1. The second-order valence-corrected chi connectivity index (χ2v) is 15.3. The lowest BCUT2D eigenvalue weighted by atomic mass is 9.86. The van der Waals surface area contributed by atoms with Gasteiger partial charge in [-0.15, -0.1) is 15.3 Å². The lowest BCUT2D eigenvalue weighted by molar-refractivity contribution is -0.121. The number of ether oxygens (including phenoxy) is 2. The fourth-order valence-electron chi connectivity index (χ4n) is 6.44. The van der Waals surface area contributed by atoms with Crippen LogP contribution in [0.2, 0.25) is 0 Å². The number of amides is 2. The Balaban J connectivity index is 0.800. The van der Waals surface area contributed by atoms with Crippen LogP contribution in [-0.2, 0) is 28.0 Å². The molecule has 0 fully saturated rings. The van der Waals surface area contributed by atoms with Crippen molar-refractivity contribution in [2.24, 2.45) is 10.2 Å². The smallest absolute Gasteiger partial charge is 0.252 e. The Kier molecular flexibility index (Phi) is 16.7. The van der Waals surface area contributed by atoms with Gasteiger partial charge in [0.05, 0.1) is 44.2 Å². The highest BCUT2D eigenvalue weighted by Crippen LogP contribution is 2.30. The minimum atomic E-state index is -0.288. The summed E-state index contributed by atoms with van der Waals surface area (Å²) in [4.78, 5) is 35.4. The van der Waals surface area contributed by atoms with E-state index >= 15 is 0 Å². The van der Waals surface area contributed by atoms with Gasteiger partial charge in [-0.1, -0.05) is 92.7 Å². The number of aromatic hydroxyl groups is 1. The minimum absolute atomic E-state index is 0.0516. The number of nitrogens with one attached hydrogen (secondary N) is 2. The van der Waals surface area contributed by atoms with E-state index in [0.717, 1.165) is 48.1 Å². The molecule has 0 aliphatic rings. The van der Waals surface area contributed by atoms with Crippen LogP contribution in [0.4, 0.5) is 5.82 Å². The van der Waals surface area contributed by atoms with E-state index in [-0.39, 0.29) is 29.5 Å². The molecule has 0 atom stereocenters. The van der Waals surface area contributed by atoms with Crippen LogP contribution >= 0.6 is 0 Å². The van der Waals surface area contributed by atoms with E-state index < -0.39 is 0 Å². The maximum atomic E-state index is 12.4. The number of unbranched alkanes of at least 4 members (excludes halogenated alkanes) is 2. The number of azo groups is 1. The van der Waals surface area contributed by atoms with Gasteiger partial charge in [0, 0.05) is 48.3 Å². The van der Waals surface area contributed by atoms with E-state index in [1.807, 2.05) is 48.5 Å². The highest BCUT2D eigenvalue weighted by atomic mass is 16.5. The predicted molar refractivity (Wildman–Crippen MR) is 236 cm³/mol. The second-order valence-electron chi connectivity index (χ2n) is 15.3. The zero-order valence-corrected chi connectivity index (χ0v) is 35.3. The van der Waals surface area contributed by atoms with Gasteiger partial charge in [0.15, 0.2) is 11.6 Å². The number of pyridine rings is 2. The molecule has 15 nitrogen and oxygen atoms in total. The van der Waals surface area contributed by atoms with Crippen LogP contribution in [0.5, 0.6) is 11.6 Å². The maximum Gasteiger partial charge on any atom is 0.252 e. The van der Waals surface area contributed by atoms with Crippen molar-refractivity contribution in [1.29, 1.82) is 0 Å². The Morgan fingerprint density at radius 2 is 1.53 bits per heavy atom.